The van der Waals surface area contributed by atoms with Gasteiger partial charge in [-0.3, -0.25) is 0 Å². The Morgan fingerprint density at radius 3 is 2.74 bits per heavy atom. The fourth-order valence-corrected chi connectivity index (χ4v) is 2.87. The molecule has 0 aromatic heterocycles. The maximum absolute atomic E-state index is 12.6. The van der Waals surface area contributed by atoms with Crippen molar-refractivity contribution in [2.24, 2.45) is 0 Å². The number of nitrogens with one attached hydrogen (secondary N) is 2. The molecular weight excluding hydrogens is 370 g/mol. The standard InChI is InChI=1S/C18H21N3O5S/c1-11-15(17(22)26-9-8-23-2)16(21-18(27)20-11)12-4-5-13(25-7-6-19)14(10-12)24-3/h4-5,10,16H,7-9H2,1-3H3,(H2,20,21,27)/t16-/m0/s1. The topological polar surface area (TPSA) is 102 Å². The third kappa shape index (κ3) is 5.09. The Morgan fingerprint density at radius 2 is 2.07 bits per heavy atom. The molecule has 8 nitrogen and oxygen atoms in total. The molecule has 2 N–H and O–H groups in total. The van der Waals surface area contributed by atoms with Crippen molar-refractivity contribution in [3.63, 3.8) is 0 Å². The highest BCUT2D eigenvalue weighted by Gasteiger charge is 2.31. The maximum Gasteiger partial charge on any atom is 0.338 e. The van der Waals surface area contributed by atoms with Crippen LogP contribution in [-0.2, 0) is 14.3 Å². The number of hydrogen-bond acceptors (Lipinski definition) is 7. The van der Waals surface area contributed by atoms with Gasteiger partial charge in [-0.2, -0.15) is 5.26 Å². The van der Waals surface area contributed by atoms with Gasteiger partial charge < -0.3 is 29.6 Å². The molecule has 1 aliphatic rings. The van der Waals surface area contributed by atoms with E-state index in [1.54, 1.807) is 25.1 Å². The molecule has 1 aromatic rings. The Bertz CT molecular complexity index is 788. The lowest BCUT2D eigenvalue weighted by Crippen LogP contribution is -2.45. The Hall–Kier alpha value is -2.83. The number of carbonyl (C=O) groups is 1. The van der Waals surface area contributed by atoms with Crippen LogP contribution in [0.1, 0.15) is 18.5 Å². The smallest absolute Gasteiger partial charge is 0.338 e. The summed E-state index contributed by atoms with van der Waals surface area (Å²) in [5.74, 6) is 0.406. The van der Waals surface area contributed by atoms with Crippen LogP contribution in [0.5, 0.6) is 11.5 Å². The molecule has 144 valence electrons. The van der Waals surface area contributed by atoms with Gasteiger partial charge in [0.15, 0.2) is 23.2 Å². The van der Waals surface area contributed by atoms with Gasteiger partial charge >= 0.3 is 5.97 Å². The number of rotatable bonds is 8. The lowest BCUT2D eigenvalue weighted by molar-refractivity contribution is -0.140. The average molecular weight is 391 g/mol. The van der Waals surface area contributed by atoms with Crippen LogP contribution in [0.15, 0.2) is 29.5 Å². The van der Waals surface area contributed by atoms with Crippen molar-refractivity contribution < 1.29 is 23.7 Å². The minimum atomic E-state index is -0.521. The summed E-state index contributed by atoms with van der Waals surface area (Å²) in [6.07, 6.45) is 0. The lowest BCUT2D eigenvalue weighted by Gasteiger charge is -2.30. The van der Waals surface area contributed by atoms with Crippen molar-refractivity contribution in [2.75, 3.05) is 34.0 Å². The van der Waals surface area contributed by atoms with Gasteiger partial charge in [0.1, 0.15) is 12.7 Å². The number of carbonyl (C=O) groups excluding carboxylic acids is 1. The van der Waals surface area contributed by atoms with Gasteiger partial charge in [0.2, 0.25) is 0 Å². The zero-order chi connectivity index (χ0) is 19.8. The summed E-state index contributed by atoms with van der Waals surface area (Å²) in [6.45, 7) is 2.12. The second kappa shape index (κ2) is 9.75. The van der Waals surface area contributed by atoms with Crippen molar-refractivity contribution in [1.82, 2.24) is 10.6 Å². The first kappa shape index (κ1) is 20.5. The summed E-state index contributed by atoms with van der Waals surface area (Å²) < 4.78 is 20.9. The lowest BCUT2D eigenvalue weighted by atomic mass is 9.95. The fraction of sp³-hybridized carbons (Fsp3) is 0.389. The third-order valence-electron chi connectivity index (χ3n) is 3.82. The quantitative estimate of drug-likeness (QED) is 0.388. The summed E-state index contributed by atoms with van der Waals surface area (Å²) in [5.41, 5.74) is 1.75. The highest BCUT2D eigenvalue weighted by Crippen LogP contribution is 2.34. The Labute approximate surface area is 163 Å². The molecule has 9 heteroatoms. The van der Waals surface area contributed by atoms with Crippen LogP contribution in [0.2, 0.25) is 0 Å². The number of benzene rings is 1. The van der Waals surface area contributed by atoms with E-state index < -0.39 is 12.0 Å². The van der Waals surface area contributed by atoms with Gasteiger partial charge in [0.05, 0.1) is 25.3 Å². The molecule has 0 amide bonds. The third-order valence-corrected chi connectivity index (χ3v) is 4.04. The maximum atomic E-state index is 12.6. The molecule has 27 heavy (non-hydrogen) atoms. The van der Waals surface area contributed by atoms with Crippen LogP contribution < -0.4 is 20.1 Å². The van der Waals surface area contributed by atoms with E-state index in [2.05, 4.69) is 10.6 Å². The number of ether oxygens (including phenoxy) is 4. The van der Waals surface area contributed by atoms with Crippen LogP contribution in [0.25, 0.3) is 0 Å². The number of thiocarbonyl (C=S) groups is 1. The van der Waals surface area contributed by atoms with E-state index in [-0.39, 0.29) is 13.2 Å². The first-order valence-corrected chi connectivity index (χ1v) is 8.54. The second-order valence-corrected chi connectivity index (χ2v) is 5.96. The van der Waals surface area contributed by atoms with Gasteiger partial charge in [0, 0.05) is 12.8 Å². The highest BCUT2D eigenvalue weighted by atomic mass is 32.1. The van der Waals surface area contributed by atoms with Crippen molar-refractivity contribution in [3.8, 4) is 17.6 Å². The Kier molecular flexibility index (Phi) is 7.40. The van der Waals surface area contributed by atoms with Crippen LogP contribution in [0.3, 0.4) is 0 Å². The summed E-state index contributed by atoms with van der Waals surface area (Å²) in [7, 11) is 3.03. The molecule has 0 fully saturated rings. The summed E-state index contributed by atoms with van der Waals surface area (Å²) >= 11 is 5.23. The Morgan fingerprint density at radius 1 is 1.30 bits per heavy atom. The second-order valence-electron chi connectivity index (χ2n) is 5.56. The molecule has 0 saturated carbocycles. The van der Waals surface area contributed by atoms with Crippen LogP contribution >= 0.6 is 12.2 Å². The van der Waals surface area contributed by atoms with Crippen LogP contribution in [0, 0.1) is 11.3 Å². The zero-order valence-electron chi connectivity index (χ0n) is 15.3. The van der Waals surface area contributed by atoms with Crippen molar-refractivity contribution in [3.05, 3.63) is 35.0 Å². The van der Waals surface area contributed by atoms with E-state index >= 15 is 0 Å². The molecular formula is C18H21N3O5S. The van der Waals surface area contributed by atoms with Gasteiger partial charge in [-0.25, -0.2) is 4.79 Å². The van der Waals surface area contributed by atoms with Crippen molar-refractivity contribution in [2.45, 2.75) is 13.0 Å². The normalized spacial score (nSPS) is 16.1. The van der Waals surface area contributed by atoms with Gasteiger partial charge in [-0.1, -0.05) is 6.07 Å². The van der Waals surface area contributed by atoms with E-state index in [9.17, 15) is 4.79 Å². The van der Waals surface area contributed by atoms with E-state index in [0.717, 1.165) is 5.56 Å². The summed E-state index contributed by atoms with van der Waals surface area (Å²) in [5, 5.41) is 15.1. The number of allylic oxidation sites excluding steroid dienone is 1. The molecule has 0 unspecified atom stereocenters. The predicted molar refractivity (Wildman–Crippen MR) is 101 cm³/mol. The molecule has 1 aliphatic heterocycles. The van der Waals surface area contributed by atoms with Gasteiger partial charge in [0.25, 0.3) is 0 Å². The van der Waals surface area contributed by atoms with Gasteiger partial charge in [-0.05, 0) is 36.8 Å². The monoisotopic (exact) mass is 391 g/mol. The molecule has 0 radical (unpaired) electrons. The molecule has 1 aromatic carbocycles. The van der Waals surface area contributed by atoms with E-state index in [1.807, 2.05) is 6.07 Å². The van der Waals surface area contributed by atoms with Crippen molar-refractivity contribution in [1.29, 1.82) is 5.26 Å². The van der Waals surface area contributed by atoms with Gasteiger partial charge in [-0.15, -0.1) is 0 Å². The molecule has 0 bridgehead atoms. The van der Waals surface area contributed by atoms with E-state index in [4.69, 9.17) is 36.4 Å². The first-order chi connectivity index (χ1) is 13.0. The first-order valence-electron chi connectivity index (χ1n) is 8.13. The zero-order valence-corrected chi connectivity index (χ0v) is 16.1. The minimum Gasteiger partial charge on any atom is -0.493 e. The average Bonchev–Trinajstić information content (AvgIpc) is 2.65. The minimum absolute atomic E-state index is 0.0958. The Balaban J connectivity index is 2.35. The molecule has 1 atom stereocenters. The van der Waals surface area contributed by atoms with Crippen molar-refractivity contribution >= 4 is 23.3 Å². The largest absolute Gasteiger partial charge is 0.493 e. The molecule has 0 saturated heterocycles. The number of nitrogens with zero attached hydrogens (tertiary/aromatic N) is 1. The number of hydrogen-bond donors (Lipinski definition) is 2. The van der Waals surface area contributed by atoms with E-state index in [0.29, 0.717) is 34.5 Å². The number of esters is 1. The van der Waals surface area contributed by atoms with Crippen LogP contribution in [0.4, 0.5) is 0 Å². The highest BCUT2D eigenvalue weighted by molar-refractivity contribution is 7.80. The SMILES string of the molecule is COCCOC(=O)C1=C(C)NC(=S)N[C@H]1c1ccc(OCC#N)c(OC)c1. The van der Waals surface area contributed by atoms with E-state index in [1.165, 1.54) is 14.2 Å². The molecule has 2 rings (SSSR count). The van der Waals surface area contributed by atoms with Crippen LogP contribution in [-0.4, -0.2) is 45.1 Å². The number of methoxy groups -OCH3 is 2. The molecule has 0 spiro atoms. The number of nitriles is 1. The molecule has 1 heterocycles. The summed E-state index contributed by atoms with van der Waals surface area (Å²) in [6, 6.07) is 6.57. The fourth-order valence-electron chi connectivity index (χ4n) is 2.60. The molecule has 0 aliphatic carbocycles. The predicted octanol–water partition coefficient (Wildman–Crippen LogP) is 1.58. The summed E-state index contributed by atoms with van der Waals surface area (Å²) in [4.78, 5) is 12.6.